The Bertz CT molecular complexity index is 4550. The van der Waals surface area contributed by atoms with Gasteiger partial charge in [0.05, 0.1) is 37.8 Å². The lowest BCUT2D eigenvalue weighted by Crippen LogP contribution is -2.58. The van der Waals surface area contributed by atoms with E-state index in [4.69, 9.17) is 34.6 Å². The van der Waals surface area contributed by atoms with Crippen LogP contribution in [-0.2, 0) is 6.54 Å². The topological polar surface area (TPSA) is 324 Å². The normalized spacial score (nSPS) is 18.4. The maximum atomic E-state index is 13.8. The van der Waals surface area contributed by atoms with Gasteiger partial charge in [-0.3, -0.25) is 29.1 Å². The Morgan fingerprint density at radius 1 is 0.495 bits per heavy atom. The second kappa shape index (κ2) is 27.6. The highest BCUT2D eigenvalue weighted by Crippen LogP contribution is 2.38. The Kier molecular flexibility index (Phi) is 17.8. The van der Waals surface area contributed by atoms with Crippen molar-refractivity contribution in [2.75, 3.05) is 144 Å². The van der Waals surface area contributed by atoms with E-state index in [1.807, 2.05) is 42.5 Å². The molecule has 5 aliphatic rings. The average Bonchev–Trinajstić information content (AvgIpc) is 0.814. The van der Waals surface area contributed by atoms with Gasteiger partial charge in [-0.1, -0.05) is 36.4 Å². The van der Waals surface area contributed by atoms with Crippen molar-refractivity contribution < 1.29 is 4.74 Å². The summed E-state index contributed by atoms with van der Waals surface area (Å²) in [6.07, 6.45) is 7.97. The molecule has 0 aliphatic carbocycles. The minimum absolute atomic E-state index is 0.0490. The van der Waals surface area contributed by atoms with Crippen LogP contribution < -0.4 is 68.4 Å². The van der Waals surface area contributed by atoms with Crippen LogP contribution in [0.5, 0.6) is 5.75 Å². The summed E-state index contributed by atoms with van der Waals surface area (Å²) >= 11 is 0. The molecule has 0 bridgehead atoms. The molecule has 10 N–H and O–H groups in total. The first-order valence-corrected chi connectivity index (χ1v) is 32.8. The van der Waals surface area contributed by atoms with Crippen molar-refractivity contribution in [3.63, 3.8) is 0 Å². The Morgan fingerprint density at radius 3 is 1.57 bits per heavy atom. The SMILES string of the molecule is COc1cc(-c2nc(Nc3ccc(C(C4CN(c5nc(Nc6ccc(CN7CCNCC7)cc6)c6c(=O)[nH]ncc6n5)CCN4)N4CCNCC4)cc3)c3c(=O)[nH]ncc3n2)cc(C(c2ccc(Nc3nc(N4CCCCC4)nc4cn[nH]c(=O)c34)cc2)N2CCNCC2)c1. The minimum atomic E-state index is -0.432. The molecule has 5 aliphatic heterocycles. The maximum absolute atomic E-state index is 13.8. The molecule has 95 heavy (non-hydrogen) atoms. The highest BCUT2D eigenvalue weighted by molar-refractivity contribution is 5.93. The molecule has 6 aromatic heterocycles. The number of hydrogen-bond acceptors (Lipinski definition) is 25. The monoisotopic (exact) mass is 1280 g/mol. The number of piperazine rings is 4. The molecule has 28 nitrogen and oxygen atoms in total. The Balaban J connectivity index is 0.704. The molecule has 3 unspecified atom stereocenters. The highest BCUT2D eigenvalue weighted by Gasteiger charge is 2.35. The van der Waals surface area contributed by atoms with Gasteiger partial charge in [-0.15, -0.1) is 0 Å². The van der Waals surface area contributed by atoms with Crippen molar-refractivity contribution in [3.05, 3.63) is 163 Å². The van der Waals surface area contributed by atoms with Crippen molar-refractivity contribution in [2.45, 2.75) is 43.9 Å². The van der Waals surface area contributed by atoms with Gasteiger partial charge in [0.1, 0.15) is 55.9 Å². The molecular formula is C67H76N24O4. The summed E-state index contributed by atoms with van der Waals surface area (Å²) in [6, 6.07) is 30.7. The van der Waals surface area contributed by atoms with E-state index in [9.17, 15) is 14.4 Å². The Hall–Kier alpha value is -9.94. The summed E-state index contributed by atoms with van der Waals surface area (Å²) < 4.78 is 6.05. The van der Waals surface area contributed by atoms with Crippen molar-refractivity contribution in [3.8, 4) is 17.1 Å². The Labute approximate surface area is 546 Å². The number of aromatic amines is 3. The van der Waals surface area contributed by atoms with Crippen LogP contribution in [0.3, 0.4) is 0 Å². The molecule has 28 heteroatoms. The third-order valence-corrected chi connectivity index (χ3v) is 18.7. The third kappa shape index (κ3) is 13.3. The van der Waals surface area contributed by atoms with Crippen LogP contribution in [0, 0.1) is 0 Å². The van der Waals surface area contributed by atoms with Crippen molar-refractivity contribution in [1.82, 2.24) is 96.5 Å². The van der Waals surface area contributed by atoms with E-state index in [1.54, 1.807) is 25.7 Å². The maximum Gasteiger partial charge on any atom is 0.277 e. The van der Waals surface area contributed by atoms with E-state index < -0.39 is 5.56 Å². The smallest absolute Gasteiger partial charge is 0.277 e. The second-order valence-electron chi connectivity index (χ2n) is 24.8. The van der Waals surface area contributed by atoms with Crippen molar-refractivity contribution in [2.24, 2.45) is 0 Å². The molecule has 5 fully saturated rings. The van der Waals surface area contributed by atoms with Crippen LogP contribution in [0.4, 0.5) is 46.4 Å². The van der Waals surface area contributed by atoms with Crippen LogP contribution >= 0.6 is 0 Å². The minimum Gasteiger partial charge on any atom is -0.497 e. The first-order valence-electron chi connectivity index (χ1n) is 32.8. The van der Waals surface area contributed by atoms with Gasteiger partial charge < -0.3 is 51.8 Å². The van der Waals surface area contributed by atoms with E-state index in [2.05, 4.69) is 141 Å². The fourth-order valence-corrected chi connectivity index (χ4v) is 13.9. The van der Waals surface area contributed by atoms with E-state index in [-0.39, 0.29) is 34.6 Å². The van der Waals surface area contributed by atoms with E-state index in [0.717, 1.165) is 151 Å². The summed E-state index contributed by atoms with van der Waals surface area (Å²) in [6.45, 7) is 15.1. The zero-order valence-corrected chi connectivity index (χ0v) is 52.9. The van der Waals surface area contributed by atoms with E-state index >= 15 is 0 Å². The predicted octanol–water partition coefficient (Wildman–Crippen LogP) is 4.49. The fraction of sp³-hybridized carbons (Fsp3) is 0.373. The lowest BCUT2D eigenvalue weighted by Gasteiger charge is -2.44. The molecule has 0 saturated carbocycles. The lowest BCUT2D eigenvalue weighted by atomic mass is 9.94. The number of aromatic nitrogens is 12. The quantitative estimate of drug-likeness (QED) is 0.0566. The number of methoxy groups -OCH3 is 1. The first kappa shape index (κ1) is 61.3. The van der Waals surface area contributed by atoms with Crippen LogP contribution in [0.25, 0.3) is 44.1 Å². The van der Waals surface area contributed by atoms with E-state index in [0.29, 0.717) is 93.4 Å². The zero-order valence-electron chi connectivity index (χ0n) is 52.9. The molecule has 4 aromatic carbocycles. The molecule has 3 atom stereocenters. The van der Waals surface area contributed by atoms with Gasteiger partial charge in [0.15, 0.2) is 5.82 Å². The average molecular weight is 1280 g/mol. The summed E-state index contributed by atoms with van der Waals surface area (Å²) in [4.78, 5) is 82.1. The standard InChI is InChI=1S/C67H76N24O4/c1-95-49-34-44(57(88-28-19-69-20-29-88)42-7-13-48(14-8-42)77-61-55-51(37-73-85-64(55)93)79-66(82-61)90-24-3-2-4-25-90)33-45(35-49)59-78-50-36-72-84-63(92)54(50)60(81-59)75-47-15-9-43(10-16-47)58(89-30-21-70-22-31-89)53-40-91(32-23-71-53)67-80-52-38-74-86-65(94)56(52)62(83-67)76-46-11-5-41(6-12-46)39-87-26-17-68-18-27-87/h5-16,33-38,53,57-58,68-71H,2-4,17-32,39-40H2,1H3,(H,84,92)(H,85,93)(H,86,94)(H,75,78,81)(H,76,80,83)(H,77,79,82). The van der Waals surface area contributed by atoms with Gasteiger partial charge in [-0.05, 0) is 96.1 Å². The lowest BCUT2D eigenvalue weighted by molar-refractivity contribution is 0.135. The van der Waals surface area contributed by atoms with E-state index in [1.165, 1.54) is 5.56 Å². The van der Waals surface area contributed by atoms with Crippen LogP contribution in [0.1, 0.15) is 53.6 Å². The predicted molar refractivity (Wildman–Crippen MR) is 367 cm³/mol. The molecule has 5 saturated heterocycles. The summed E-state index contributed by atoms with van der Waals surface area (Å²) in [5.74, 6) is 3.21. The number of fused-ring (bicyclic) bond motifs is 3. The second-order valence-corrected chi connectivity index (χ2v) is 24.8. The Morgan fingerprint density at radius 2 is 1.00 bits per heavy atom. The number of nitrogens with zero attached hydrogens (tertiary/aromatic N) is 14. The molecule has 10 aromatic rings. The number of rotatable bonds is 18. The molecule has 0 spiro atoms. The molecule has 0 amide bonds. The summed E-state index contributed by atoms with van der Waals surface area (Å²) in [5, 5.41) is 45.9. The molecule has 11 heterocycles. The van der Waals surface area contributed by atoms with Crippen molar-refractivity contribution >= 4 is 79.1 Å². The van der Waals surface area contributed by atoms with Gasteiger partial charge in [0.2, 0.25) is 11.9 Å². The van der Waals surface area contributed by atoms with Gasteiger partial charge in [-0.25, -0.2) is 35.2 Å². The zero-order chi connectivity index (χ0) is 64.2. The summed E-state index contributed by atoms with van der Waals surface area (Å²) in [7, 11) is 1.65. The number of anilines is 8. The largest absolute Gasteiger partial charge is 0.497 e. The fourth-order valence-electron chi connectivity index (χ4n) is 13.9. The highest BCUT2D eigenvalue weighted by atomic mass is 16.5. The molecular weight excluding hydrogens is 1200 g/mol. The number of H-pyrrole nitrogens is 3. The summed E-state index contributed by atoms with van der Waals surface area (Å²) in [5.41, 5.74) is 7.41. The van der Waals surface area contributed by atoms with Crippen LogP contribution in [0.2, 0.25) is 0 Å². The van der Waals surface area contributed by atoms with Crippen molar-refractivity contribution in [1.29, 1.82) is 0 Å². The van der Waals surface area contributed by atoms with Gasteiger partial charge in [0.25, 0.3) is 16.7 Å². The number of ether oxygens (including phenoxy) is 1. The first-order chi connectivity index (χ1) is 46.7. The number of piperidine rings is 1. The third-order valence-electron chi connectivity index (χ3n) is 18.7. The van der Waals surface area contributed by atoms with Gasteiger partial charge in [0, 0.05) is 146 Å². The number of benzene rings is 4. The molecule has 488 valence electrons. The molecule has 0 radical (unpaired) electrons. The number of nitrogens with one attached hydrogen (secondary N) is 10. The molecule has 15 rings (SSSR count). The van der Waals surface area contributed by atoms with Crippen LogP contribution in [0.15, 0.2) is 124 Å². The van der Waals surface area contributed by atoms with Gasteiger partial charge >= 0.3 is 0 Å². The number of hydrogen-bond donors (Lipinski definition) is 10. The van der Waals surface area contributed by atoms with Gasteiger partial charge in [-0.2, -0.15) is 25.3 Å². The van der Waals surface area contributed by atoms with Crippen LogP contribution in [-0.4, -0.2) is 200 Å².